The standard InChI is InChI=1S/C13H21N5O/c1-3-7-15-13(14)16-8-6-12(19)18-11-5-4-10(2)9-17-11/h4-5,9H,3,6-8H2,1-2H3,(H3,14,15,16)(H,17,18,19). The molecular formula is C13H21N5O. The Morgan fingerprint density at radius 1 is 1.47 bits per heavy atom. The minimum Gasteiger partial charge on any atom is -0.370 e. The van der Waals surface area contributed by atoms with Gasteiger partial charge < -0.3 is 16.4 Å². The van der Waals surface area contributed by atoms with Gasteiger partial charge in [-0.05, 0) is 25.0 Å². The fraction of sp³-hybridized carbons (Fsp3) is 0.462. The molecule has 0 fully saturated rings. The summed E-state index contributed by atoms with van der Waals surface area (Å²) in [4.78, 5) is 19.8. The molecule has 1 aromatic heterocycles. The Hall–Kier alpha value is -2.11. The number of rotatable bonds is 6. The molecule has 1 rings (SSSR count). The third-order valence-corrected chi connectivity index (χ3v) is 2.34. The zero-order valence-corrected chi connectivity index (χ0v) is 11.4. The number of nitrogens with two attached hydrogens (primary N) is 1. The van der Waals surface area contributed by atoms with Crippen molar-refractivity contribution >= 4 is 17.7 Å². The third-order valence-electron chi connectivity index (χ3n) is 2.34. The summed E-state index contributed by atoms with van der Waals surface area (Å²) in [5, 5.41) is 5.61. The van der Waals surface area contributed by atoms with Crippen molar-refractivity contribution in [2.24, 2.45) is 10.7 Å². The molecule has 0 radical (unpaired) electrons. The maximum atomic E-state index is 11.6. The first kappa shape index (κ1) is 14.9. The number of nitrogens with zero attached hydrogens (tertiary/aromatic N) is 2. The highest BCUT2D eigenvalue weighted by Crippen LogP contribution is 2.03. The Morgan fingerprint density at radius 2 is 2.26 bits per heavy atom. The summed E-state index contributed by atoms with van der Waals surface area (Å²) in [6, 6.07) is 3.67. The largest absolute Gasteiger partial charge is 0.370 e. The number of hydrogen-bond donors (Lipinski definition) is 3. The van der Waals surface area contributed by atoms with E-state index < -0.39 is 0 Å². The molecule has 0 aliphatic heterocycles. The normalized spacial score (nSPS) is 11.2. The Morgan fingerprint density at radius 3 is 2.89 bits per heavy atom. The van der Waals surface area contributed by atoms with Gasteiger partial charge in [0.2, 0.25) is 5.91 Å². The number of pyridine rings is 1. The molecule has 0 spiro atoms. The zero-order chi connectivity index (χ0) is 14.1. The average molecular weight is 263 g/mol. The van der Waals surface area contributed by atoms with Crippen molar-refractivity contribution in [3.05, 3.63) is 23.9 Å². The Kier molecular flexibility index (Phi) is 6.35. The lowest BCUT2D eigenvalue weighted by atomic mass is 10.3. The van der Waals surface area contributed by atoms with Gasteiger partial charge in [-0.25, -0.2) is 4.98 Å². The van der Waals surface area contributed by atoms with Gasteiger partial charge in [-0.1, -0.05) is 13.0 Å². The van der Waals surface area contributed by atoms with Crippen LogP contribution in [0.3, 0.4) is 0 Å². The van der Waals surface area contributed by atoms with Crippen molar-refractivity contribution < 1.29 is 4.79 Å². The van der Waals surface area contributed by atoms with Crippen LogP contribution in [0.15, 0.2) is 23.3 Å². The smallest absolute Gasteiger partial charge is 0.227 e. The topological polar surface area (TPSA) is 92.4 Å². The molecule has 1 heterocycles. The number of guanidine groups is 1. The molecule has 0 unspecified atom stereocenters. The highest BCUT2D eigenvalue weighted by atomic mass is 16.1. The third kappa shape index (κ3) is 6.40. The summed E-state index contributed by atoms with van der Waals surface area (Å²) in [5.41, 5.74) is 6.67. The minimum absolute atomic E-state index is 0.104. The fourth-order valence-corrected chi connectivity index (χ4v) is 1.34. The summed E-state index contributed by atoms with van der Waals surface area (Å²) in [6.07, 6.45) is 2.98. The quantitative estimate of drug-likeness (QED) is 0.528. The van der Waals surface area contributed by atoms with Crippen LogP contribution in [-0.4, -0.2) is 29.9 Å². The van der Waals surface area contributed by atoms with E-state index in [1.54, 1.807) is 12.3 Å². The molecule has 0 bridgehead atoms. The second-order valence-corrected chi connectivity index (χ2v) is 4.21. The van der Waals surface area contributed by atoms with Gasteiger partial charge in [-0.2, -0.15) is 0 Å². The van der Waals surface area contributed by atoms with Crippen molar-refractivity contribution in [1.29, 1.82) is 0 Å². The lowest BCUT2D eigenvalue weighted by Gasteiger charge is -2.06. The number of aromatic nitrogens is 1. The first-order valence-electron chi connectivity index (χ1n) is 6.38. The Balaban J connectivity index is 2.26. The number of carbonyl (C=O) groups excluding carboxylic acids is 1. The average Bonchev–Trinajstić information content (AvgIpc) is 2.39. The van der Waals surface area contributed by atoms with E-state index >= 15 is 0 Å². The van der Waals surface area contributed by atoms with Gasteiger partial charge in [0, 0.05) is 25.7 Å². The molecule has 0 saturated heterocycles. The van der Waals surface area contributed by atoms with Gasteiger partial charge in [0.05, 0.1) is 0 Å². The van der Waals surface area contributed by atoms with Gasteiger partial charge in [-0.15, -0.1) is 0 Å². The van der Waals surface area contributed by atoms with Gasteiger partial charge >= 0.3 is 0 Å². The predicted octanol–water partition coefficient (Wildman–Crippen LogP) is 1.03. The number of aliphatic imine (C=N–C) groups is 1. The number of anilines is 1. The van der Waals surface area contributed by atoms with Crippen LogP contribution in [-0.2, 0) is 4.79 Å². The van der Waals surface area contributed by atoms with E-state index in [0.29, 0.717) is 31.3 Å². The van der Waals surface area contributed by atoms with Crippen molar-refractivity contribution in [2.45, 2.75) is 26.7 Å². The van der Waals surface area contributed by atoms with Crippen LogP contribution in [0.4, 0.5) is 5.82 Å². The van der Waals surface area contributed by atoms with E-state index in [1.165, 1.54) is 0 Å². The molecule has 0 aromatic carbocycles. The first-order valence-corrected chi connectivity index (χ1v) is 6.38. The Labute approximate surface area is 113 Å². The minimum atomic E-state index is -0.104. The Bertz CT molecular complexity index is 427. The number of nitrogens with one attached hydrogen (secondary N) is 2. The second-order valence-electron chi connectivity index (χ2n) is 4.21. The summed E-state index contributed by atoms with van der Waals surface area (Å²) in [5.74, 6) is 0.832. The molecule has 0 atom stereocenters. The maximum Gasteiger partial charge on any atom is 0.227 e. The summed E-state index contributed by atoms with van der Waals surface area (Å²) < 4.78 is 0. The highest BCUT2D eigenvalue weighted by Gasteiger charge is 2.03. The number of aryl methyl sites for hydroxylation is 1. The molecular weight excluding hydrogens is 242 g/mol. The van der Waals surface area contributed by atoms with E-state index in [4.69, 9.17) is 5.73 Å². The zero-order valence-electron chi connectivity index (χ0n) is 11.4. The molecule has 6 nitrogen and oxygen atoms in total. The summed E-state index contributed by atoms with van der Waals surface area (Å²) in [7, 11) is 0. The van der Waals surface area contributed by atoms with Crippen molar-refractivity contribution in [3.63, 3.8) is 0 Å². The number of amides is 1. The van der Waals surface area contributed by atoms with E-state index in [9.17, 15) is 4.79 Å². The molecule has 104 valence electrons. The van der Waals surface area contributed by atoms with Crippen molar-refractivity contribution in [3.8, 4) is 0 Å². The molecule has 4 N–H and O–H groups in total. The van der Waals surface area contributed by atoms with E-state index in [2.05, 4.69) is 20.6 Å². The fourth-order valence-electron chi connectivity index (χ4n) is 1.34. The van der Waals surface area contributed by atoms with Gasteiger partial charge in [0.25, 0.3) is 0 Å². The summed E-state index contributed by atoms with van der Waals surface area (Å²) in [6.45, 7) is 5.12. The molecule has 6 heteroatoms. The van der Waals surface area contributed by atoms with Crippen LogP contribution in [0.5, 0.6) is 0 Å². The predicted molar refractivity (Wildman–Crippen MR) is 77.0 cm³/mol. The van der Waals surface area contributed by atoms with E-state index in [1.807, 2.05) is 19.9 Å². The lowest BCUT2D eigenvalue weighted by molar-refractivity contribution is -0.116. The van der Waals surface area contributed by atoms with Crippen LogP contribution in [0.25, 0.3) is 0 Å². The lowest BCUT2D eigenvalue weighted by Crippen LogP contribution is -2.34. The molecule has 0 aliphatic rings. The van der Waals surface area contributed by atoms with Crippen LogP contribution >= 0.6 is 0 Å². The number of hydrogen-bond acceptors (Lipinski definition) is 3. The molecule has 1 amide bonds. The monoisotopic (exact) mass is 263 g/mol. The van der Waals surface area contributed by atoms with Gasteiger partial charge in [0.15, 0.2) is 5.96 Å². The SMILES string of the molecule is CCCN=C(N)NCCC(=O)Nc1ccc(C)cn1. The van der Waals surface area contributed by atoms with E-state index in [-0.39, 0.29) is 5.91 Å². The molecule has 19 heavy (non-hydrogen) atoms. The van der Waals surface area contributed by atoms with Crippen LogP contribution in [0.1, 0.15) is 25.3 Å². The second kappa shape index (κ2) is 8.07. The van der Waals surface area contributed by atoms with Crippen molar-refractivity contribution in [1.82, 2.24) is 10.3 Å². The molecule has 0 aliphatic carbocycles. The molecule has 0 saturated carbocycles. The highest BCUT2D eigenvalue weighted by molar-refractivity contribution is 5.90. The van der Waals surface area contributed by atoms with E-state index in [0.717, 1.165) is 12.0 Å². The van der Waals surface area contributed by atoms with Crippen LogP contribution in [0.2, 0.25) is 0 Å². The van der Waals surface area contributed by atoms with Gasteiger partial charge in [0.1, 0.15) is 5.82 Å². The molecule has 1 aromatic rings. The van der Waals surface area contributed by atoms with Crippen LogP contribution < -0.4 is 16.4 Å². The summed E-state index contributed by atoms with van der Waals surface area (Å²) >= 11 is 0. The van der Waals surface area contributed by atoms with Crippen molar-refractivity contribution in [2.75, 3.05) is 18.4 Å². The van der Waals surface area contributed by atoms with Crippen LogP contribution in [0, 0.1) is 6.92 Å². The maximum absolute atomic E-state index is 11.6. The van der Waals surface area contributed by atoms with Gasteiger partial charge in [-0.3, -0.25) is 9.79 Å². The first-order chi connectivity index (χ1) is 9.11. The number of carbonyl (C=O) groups is 1.